The van der Waals surface area contributed by atoms with Crippen LogP contribution in [0.1, 0.15) is 37.0 Å². The first-order valence-electron chi connectivity index (χ1n) is 10.3. The standard InChI is InChI=1S/C21H19ClFNO6.C2H6/c22-17-6-3-15(10-14(17)9-13-1-4-16(29-23)5-2-13)20-11-18(25)19(26)21(30-20,12-28-20)27-8-7-24;1-2/h1-6,10,18-19,25-26H,8-9,11-12H2;1-2H3/t18?,19?,20-,21+;/m1./s1. The molecule has 32 heavy (non-hydrogen) atoms. The van der Waals surface area contributed by atoms with Crippen molar-refractivity contribution in [2.24, 2.45) is 0 Å². The van der Waals surface area contributed by atoms with E-state index in [1.54, 1.807) is 30.3 Å². The number of nitriles is 1. The lowest BCUT2D eigenvalue weighted by molar-refractivity contribution is -0.346. The van der Waals surface area contributed by atoms with Crippen LogP contribution in [0.3, 0.4) is 0 Å². The van der Waals surface area contributed by atoms with E-state index in [-0.39, 0.29) is 25.4 Å². The van der Waals surface area contributed by atoms with E-state index in [1.165, 1.54) is 12.1 Å². The fraction of sp³-hybridized carbons (Fsp3) is 0.435. The molecule has 4 atom stereocenters. The number of rotatable bonds is 6. The molecule has 2 aliphatic heterocycles. The Hall–Kier alpha value is -2.25. The molecular weight excluding hydrogens is 441 g/mol. The molecule has 0 aliphatic carbocycles. The van der Waals surface area contributed by atoms with Gasteiger partial charge in [-0.1, -0.05) is 43.6 Å². The van der Waals surface area contributed by atoms with Crippen molar-refractivity contribution >= 4 is 11.6 Å². The SMILES string of the molecule is CC.N#CCO[C@]12CO[C@](c3ccc(Cl)c(Cc4ccc(OF)cc4)c3)(CC(O)C1O)O2. The highest BCUT2D eigenvalue weighted by molar-refractivity contribution is 6.31. The summed E-state index contributed by atoms with van der Waals surface area (Å²) in [6.07, 6.45) is -2.09. The number of aliphatic hydroxyl groups is 2. The molecule has 4 rings (SSSR count). The maximum absolute atomic E-state index is 12.2. The Morgan fingerprint density at radius 3 is 2.59 bits per heavy atom. The van der Waals surface area contributed by atoms with Crippen LogP contribution in [0.4, 0.5) is 4.53 Å². The molecule has 2 bridgehead atoms. The Kier molecular flexibility index (Phi) is 7.72. The number of hydrogen-bond donors (Lipinski definition) is 2. The summed E-state index contributed by atoms with van der Waals surface area (Å²) in [7, 11) is 0. The Balaban J connectivity index is 0.00000141. The zero-order valence-corrected chi connectivity index (χ0v) is 18.5. The summed E-state index contributed by atoms with van der Waals surface area (Å²) in [5, 5.41) is 30.2. The molecule has 2 aromatic rings. The largest absolute Gasteiger partial charge is 0.390 e. The lowest BCUT2D eigenvalue weighted by Crippen LogP contribution is -2.58. The molecule has 2 saturated heterocycles. The Labute approximate surface area is 190 Å². The Bertz CT molecular complexity index is 968. The van der Waals surface area contributed by atoms with Crippen LogP contribution in [0, 0.1) is 11.3 Å². The zero-order chi connectivity index (χ0) is 23.4. The van der Waals surface area contributed by atoms with Crippen LogP contribution in [0.15, 0.2) is 42.5 Å². The number of aliphatic hydroxyl groups excluding tert-OH is 2. The molecule has 0 aromatic heterocycles. The van der Waals surface area contributed by atoms with Gasteiger partial charge in [0.25, 0.3) is 0 Å². The Morgan fingerprint density at radius 2 is 1.94 bits per heavy atom. The maximum atomic E-state index is 12.2. The van der Waals surface area contributed by atoms with Gasteiger partial charge in [0.05, 0.1) is 12.2 Å². The summed E-state index contributed by atoms with van der Waals surface area (Å²) in [6, 6.07) is 13.5. The van der Waals surface area contributed by atoms with Crippen molar-refractivity contribution in [1.29, 1.82) is 5.26 Å². The number of nitrogens with zero attached hydrogens (tertiary/aromatic N) is 1. The summed E-state index contributed by atoms with van der Waals surface area (Å²) >= 11 is 6.37. The summed E-state index contributed by atoms with van der Waals surface area (Å²) < 4.78 is 29.6. The molecule has 0 radical (unpaired) electrons. The first kappa shape index (κ1) is 24.4. The summed E-state index contributed by atoms with van der Waals surface area (Å²) in [5.41, 5.74) is 2.24. The quantitative estimate of drug-likeness (QED) is 0.669. The number of fused-ring (bicyclic) bond motifs is 2. The van der Waals surface area contributed by atoms with E-state index in [1.807, 2.05) is 19.9 Å². The molecule has 9 heteroatoms. The van der Waals surface area contributed by atoms with Crippen LogP contribution in [0.25, 0.3) is 0 Å². The summed E-state index contributed by atoms with van der Waals surface area (Å²) in [4.78, 5) is 3.69. The van der Waals surface area contributed by atoms with Crippen LogP contribution in [0.2, 0.25) is 5.02 Å². The van der Waals surface area contributed by atoms with Crippen molar-refractivity contribution in [2.75, 3.05) is 13.2 Å². The predicted octanol–water partition coefficient (Wildman–Crippen LogP) is 3.78. The van der Waals surface area contributed by atoms with Crippen molar-refractivity contribution in [2.45, 2.75) is 50.5 Å². The lowest BCUT2D eigenvalue weighted by atomic mass is 9.90. The van der Waals surface area contributed by atoms with Gasteiger partial charge in [-0.3, -0.25) is 4.94 Å². The van der Waals surface area contributed by atoms with E-state index in [2.05, 4.69) is 4.94 Å². The van der Waals surface area contributed by atoms with Crippen molar-refractivity contribution in [3.63, 3.8) is 0 Å². The highest BCUT2D eigenvalue weighted by Gasteiger charge is 2.63. The van der Waals surface area contributed by atoms with Gasteiger partial charge in [0.1, 0.15) is 19.3 Å². The third-order valence-corrected chi connectivity index (χ3v) is 5.78. The van der Waals surface area contributed by atoms with E-state index >= 15 is 0 Å². The van der Waals surface area contributed by atoms with E-state index in [0.717, 1.165) is 11.1 Å². The topological polar surface area (TPSA) is 101 Å². The van der Waals surface area contributed by atoms with E-state index < -0.39 is 23.8 Å². The van der Waals surface area contributed by atoms with Gasteiger partial charge < -0.3 is 24.4 Å². The van der Waals surface area contributed by atoms with Gasteiger partial charge in [0.2, 0.25) is 11.6 Å². The van der Waals surface area contributed by atoms with Crippen LogP contribution in [-0.4, -0.2) is 41.4 Å². The predicted molar refractivity (Wildman–Crippen MR) is 113 cm³/mol. The molecule has 2 N–H and O–H groups in total. The van der Waals surface area contributed by atoms with Gasteiger partial charge >= 0.3 is 0 Å². The van der Waals surface area contributed by atoms with Crippen molar-refractivity contribution in [3.8, 4) is 11.8 Å². The molecule has 0 saturated carbocycles. The maximum Gasteiger partial charge on any atom is 0.225 e. The minimum absolute atomic E-state index is 0.0184. The lowest BCUT2D eigenvalue weighted by Gasteiger charge is -2.42. The fourth-order valence-electron chi connectivity index (χ4n) is 3.88. The van der Waals surface area contributed by atoms with Crippen LogP contribution in [-0.2, 0) is 26.4 Å². The number of ether oxygens (including phenoxy) is 3. The third-order valence-electron chi connectivity index (χ3n) is 5.41. The summed E-state index contributed by atoms with van der Waals surface area (Å²) in [5.74, 6) is -2.87. The molecule has 0 spiro atoms. The third kappa shape index (κ3) is 4.59. The first-order chi connectivity index (χ1) is 15.4. The Morgan fingerprint density at radius 1 is 1.22 bits per heavy atom. The molecule has 2 aromatic carbocycles. The van der Waals surface area contributed by atoms with Crippen LogP contribution >= 0.6 is 11.6 Å². The molecule has 7 nitrogen and oxygen atoms in total. The van der Waals surface area contributed by atoms with Crippen LogP contribution < -0.4 is 4.94 Å². The average Bonchev–Trinajstić information content (AvgIpc) is 3.16. The van der Waals surface area contributed by atoms with E-state index in [9.17, 15) is 14.7 Å². The van der Waals surface area contributed by atoms with Crippen molar-refractivity contribution in [3.05, 3.63) is 64.2 Å². The highest BCUT2D eigenvalue weighted by Crippen LogP contribution is 2.50. The van der Waals surface area contributed by atoms with Gasteiger partial charge in [-0.05, 0) is 41.8 Å². The van der Waals surface area contributed by atoms with Gasteiger partial charge in [-0.2, -0.15) is 5.26 Å². The monoisotopic (exact) mass is 465 g/mol. The minimum Gasteiger partial charge on any atom is -0.390 e. The molecule has 172 valence electrons. The highest BCUT2D eigenvalue weighted by atomic mass is 35.5. The van der Waals surface area contributed by atoms with Gasteiger partial charge in [0.15, 0.2) is 5.75 Å². The molecule has 0 amide bonds. The summed E-state index contributed by atoms with van der Waals surface area (Å²) in [6.45, 7) is 3.53. The second-order valence-electron chi connectivity index (χ2n) is 7.32. The first-order valence-corrected chi connectivity index (χ1v) is 10.7. The van der Waals surface area contributed by atoms with Crippen molar-refractivity contribution in [1.82, 2.24) is 0 Å². The smallest absolute Gasteiger partial charge is 0.225 e. The number of benzene rings is 2. The van der Waals surface area contributed by atoms with Gasteiger partial charge in [-0.25, -0.2) is 0 Å². The van der Waals surface area contributed by atoms with E-state index in [4.69, 9.17) is 31.1 Å². The molecule has 2 fully saturated rings. The molecular formula is C23H25ClFNO6. The molecule has 2 aliphatic rings. The molecule has 2 unspecified atom stereocenters. The van der Waals surface area contributed by atoms with E-state index in [0.29, 0.717) is 17.0 Å². The second kappa shape index (κ2) is 10.1. The van der Waals surface area contributed by atoms with Crippen molar-refractivity contribution < 1.29 is 33.9 Å². The van der Waals surface area contributed by atoms with Gasteiger partial charge in [-0.15, -0.1) is 0 Å². The normalized spacial score (nSPS) is 28.4. The second-order valence-corrected chi connectivity index (χ2v) is 7.73. The van der Waals surface area contributed by atoms with Crippen LogP contribution in [0.5, 0.6) is 5.75 Å². The zero-order valence-electron chi connectivity index (χ0n) is 17.8. The average molecular weight is 466 g/mol. The number of hydrogen-bond acceptors (Lipinski definition) is 7. The molecule has 2 heterocycles. The minimum atomic E-state index is -1.63. The van der Waals surface area contributed by atoms with Gasteiger partial charge in [0, 0.05) is 21.5 Å². The fourth-order valence-corrected chi connectivity index (χ4v) is 4.06. The number of halogens is 2.